The minimum Gasteiger partial charge on any atom is -0.384 e. The van der Waals surface area contributed by atoms with Crippen molar-refractivity contribution in [1.82, 2.24) is 19.5 Å². The van der Waals surface area contributed by atoms with Crippen molar-refractivity contribution in [3.63, 3.8) is 0 Å². The lowest BCUT2D eigenvalue weighted by molar-refractivity contribution is 0.409. The van der Waals surface area contributed by atoms with E-state index in [1.165, 1.54) is 0 Å². The van der Waals surface area contributed by atoms with Crippen LogP contribution in [0.2, 0.25) is 0 Å². The Morgan fingerprint density at radius 1 is 1.22 bits per heavy atom. The molecule has 1 aromatic carbocycles. The number of nitrogens with two attached hydrogens (primary N) is 1. The number of nitrogens with zero attached hydrogens (tertiary/aromatic N) is 4. The molecule has 0 unspecified atom stereocenters. The molecule has 118 valence electrons. The Labute approximate surface area is 135 Å². The predicted molar refractivity (Wildman–Crippen MR) is 91.7 cm³/mol. The van der Waals surface area contributed by atoms with Crippen LogP contribution in [0.4, 0.5) is 0 Å². The van der Waals surface area contributed by atoms with Crippen LogP contribution in [-0.2, 0) is 6.42 Å². The Hall–Kier alpha value is -2.73. The molecule has 0 radical (unpaired) electrons. The number of fused-ring (bicyclic) bond motifs is 1. The fourth-order valence-electron chi connectivity index (χ4n) is 2.45. The number of hydrogen-bond acceptors (Lipinski definition) is 4. The summed E-state index contributed by atoms with van der Waals surface area (Å²) >= 11 is 0. The number of nitrogen functional groups attached to an aromatic ring is 1. The molecule has 0 fully saturated rings. The summed E-state index contributed by atoms with van der Waals surface area (Å²) in [5.74, 6) is 0.755. The van der Waals surface area contributed by atoms with E-state index >= 15 is 0 Å². The molecule has 3 aromatic rings. The summed E-state index contributed by atoms with van der Waals surface area (Å²) in [4.78, 5) is 6.64. The van der Waals surface area contributed by atoms with Gasteiger partial charge in [0.25, 0.3) is 0 Å². The second-order valence-corrected chi connectivity index (χ2v) is 5.77. The van der Waals surface area contributed by atoms with Gasteiger partial charge in [-0.05, 0) is 25.7 Å². The Morgan fingerprint density at radius 3 is 2.61 bits per heavy atom. The fraction of sp³-hybridized carbons (Fsp3) is 0.235. The maximum atomic E-state index is 7.84. The van der Waals surface area contributed by atoms with Crippen LogP contribution >= 0.6 is 0 Å². The van der Waals surface area contributed by atoms with Crippen LogP contribution < -0.4 is 5.73 Å². The number of rotatable bonds is 5. The van der Waals surface area contributed by atoms with E-state index in [1.807, 2.05) is 56.7 Å². The maximum Gasteiger partial charge on any atom is 0.166 e. The number of nitrogens with one attached hydrogen (secondary N) is 1. The second kappa shape index (κ2) is 6.18. The molecule has 0 amide bonds. The monoisotopic (exact) mass is 308 g/mol. The highest BCUT2D eigenvalue weighted by Crippen LogP contribution is 2.22. The predicted octanol–water partition coefficient (Wildman–Crippen LogP) is 1.78. The van der Waals surface area contributed by atoms with Gasteiger partial charge >= 0.3 is 0 Å². The first-order chi connectivity index (χ1) is 11.0. The molecule has 0 aliphatic heterocycles. The molecule has 6 nitrogen and oxygen atoms in total. The molecule has 0 aliphatic rings. The third kappa shape index (κ3) is 3.22. The topological polar surface area (TPSA) is 83.3 Å². The van der Waals surface area contributed by atoms with Gasteiger partial charge in [-0.1, -0.05) is 30.3 Å². The second-order valence-electron chi connectivity index (χ2n) is 5.77. The largest absolute Gasteiger partial charge is 0.384 e. The molecule has 0 bridgehead atoms. The normalized spacial score (nSPS) is 11.3. The van der Waals surface area contributed by atoms with Gasteiger partial charge in [0.2, 0.25) is 0 Å². The van der Waals surface area contributed by atoms with Crippen molar-refractivity contribution in [3.8, 4) is 11.1 Å². The number of aromatic nitrogens is 3. The zero-order valence-corrected chi connectivity index (χ0v) is 13.3. The highest BCUT2D eigenvalue weighted by Gasteiger charge is 2.13. The van der Waals surface area contributed by atoms with E-state index < -0.39 is 0 Å². The summed E-state index contributed by atoms with van der Waals surface area (Å²) < 4.78 is 1.73. The summed E-state index contributed by atoms with van der Waals surface area (Å²) in [5, 5.41) is 12.4. The van der Waals surface area contributed by atoms with E-state index in [4.69, 9.17) is 11.1 Å². The summed E-state index contributed by atoms with van der Waals surface area (Å²) in [5.41, 5.74) is 9.01. The molecular weight excluding hydrogens is 288 g/mol. The first-order valence-corrected chi connectivity index (χ1v) is 7.48. The quantitative estimate of drug-likeness (QED) is 0.556. The van der Waals surface area contributed by atoms with Crippen LogP contribution in [0.25, 0.3) is 16.8 Å². The molecule has 2 heterocycles. The third-order valence-corrected chi connectivity index (χ3v) is 3.66. The smallest absolute Gasteiger partial charge is 0.166 e. The van der Waals surface area contributed by atoms with Gasteiger partial charge < -0.3 is 10.6 Å². The van der Waals surface area contributed by atoms with Gasteiger partial charge in [-0.25, -0.2) is 9.50 Å². The first kappa shape index (κ1) is 15.2. The Kier molecular flexibility index (Phi) is 4.08. The minimum absolute atomic E-state index is 0.000610. The lowest BCUT2D eigenvalue weighted by Gasteiger charge is -2.06. The van der Waals surface area contributed by atoms with Crippen LogP contribution in [0.5, 0.6) is 0 Å². The van der Waals surface area contributed by atoms with E-state index in [1.54, 1.807) is 4.52 Å². The van der Waals surface area contributed by atoms with Crippen molar-refractivity contribution >= 4 is 11.5 Å². The van der Waals surface area contributed by atoms with Crippen LogP contribution in [0.15, 0.2) is 42.6 Å². The van der Waals surface area contributed by atoms with E-state index in [-0.39, 0.29) is 5.84 Å². The Balaban J connectivity index is 2.09. The highest BCUT2D eigenvalue weighted by atomic mass is 15.3. The van der Waals surface area contributed by atoms with Crippen LogP contribution in [0, 0.1) is 5.41 Å². The molecule has 3 N–H and O–H groups in total. The zero-order valence-electron chi connectivity index (χ0n) is 13.3. The van der Waals surface area contributed by atoms with Crippen LogP contribution in [0.3, 0.4) is 0 Å². The van der Waals surface area contributed by atoms with E-state index in [2.05, 4.69) is 15.0 Å². The van der Waals surface area contributed by atoms with Crippen molar-refractivity contribution in [2.45, 2.75) is 6.42 Å². The summed E-state index contributed by atoms with van der Waals surface area (Å²) in [6, 6.07) is 11.9. The SMILES string of the molecule is CN(C)CCc1nc2c(C(=N)N)cc(-c3ccccc3)cn2n1. The maximum absolute atomic E-state index is 7.84. The molecule has 3 rings (SSSR count). The lowest BCUT2D eigenvalue weighted by Crippen LogP contribution is -2.15. The number of hydrogen-bond donors (Lipinski definition) is 2. The molecule has 6 heteroatoms. The molecule has 0 saturated heterocycles. The number of amidine groups is 1. The Morgan fingerprint density at radius 2 is 1.96 bits per heavy atom. The van der Waals surface area contributed by atoms with Crippen molar-refractivity contribution < 1.29 is 0 Å². The molecule has 2 aromatic heterocycles. The van der Waals surface area contributed by atoms with Crippen molar-refractivity contribution in [3.05, 3.63) is 54.0 Å². The standard InChI is InChI=1S/C17H20N6/c1-22(2)9-8-15-20-17-14(16(18)19)10-13(11-23(17)21-15)12-6-4-3-5-7-12/h3-7,10-11H,8-9H2,1-2H3,(H3,18,19). The number of likely N-dealkylation sites (N-methyl/N-ethyl adjacent to an activating group) is 1. The third-order valence-electron chi connectivity index (χ3n) is 3.66. The van der Waals surface area contributed by atoms with Crippen molar-refractivity contribution in [2.24, 2.45) is 5.73 Å². The average Bonchev–Trinajstić information content (AvgIpc) is 2.95. The lowest BCUT2D eigenvalue weighted by atomic mass is 10.1. The van der Waals surface area contributed by atoms with Gasteiger partial charge in [-0.3, -0.25) is 5.41 Å². The summed E-state index contributed by atoms with van der Waals surface area (Å²) in [7, 11) is 4.04. The summed E-state index contributed by atoms with van der Waals surface area (Å²) in [6.07, 6.45) is 2.69. The molecule has 23 heavy (non-hydrogen) atoms. The van der Waals surface area contributed by atoms with Gasteiger partial charge in [0.15, 0.2) is 11.5 Å². The molecule has 0 aliphatic carbocycles. The van der Waals surface area contributed by atoms with Crippen LogP contribution in [-0.4, -0.2) is 46.0 Å². The minimum atomic E-state index is -0.000610. The molecular formula is C17H20N6. The van der Waals surface area contributed by atoms with Gasteiger partial charge in [-0.15, -0.1) is 0 Å². The van der Waals surface area contributed by atoms with Gasteiger partial charge in [-0.2, -0.15) is 5.10 Å². The highest BCUT2D eigenvalue weighted by molar-refractivity contribution is 6.01. The van der Waals surface area contributed by atoms with Crippen molar-refractivity contribution in [2.75, 3.05) is 20.6 Å². The summed E-state index contributed by atoms with van der Waals surface area (Å²) in [6.45, 7) is 0.873. The van der Waals surface area contributed by atoms with Crippen molar-refractivity contribution in [1.29, 1.82) is 5.41 Å². The number of pyridine rings is 1. The zero-order chi connectivity index (χ0) is 16.4. The van der Waals surface area contributed by atoms with E-state index in [0.29, 0.717) is 11.2 Å². The molecule has 0 spiro atoms. The van der Waals surface area contributed by atoms with Crippen LogP contribution in [0.1, 0.15) is 11.4 Å². The number of benzene rings is 1. The average molecular weight is 308 g/mol. The Bertz CT molecular complexity index is 835. The van der Waals surface area contributed by atoms with Gasteiger partial charge in [0.05, 0.1) is 5.56 Å². The molecule has 0 saturated carbocycles. The first-order valence-electron chi connectivity index (χ1n) is 7.48. The fourth-order valence-corrected chi connectivity index (χ4v) is 2.45. The van der Waals surface area contributed by atoms with E-state index in [9.17, 15) is 0 Å². The molecule has 0 atom stereocenters. The van der Waals surface area contributed by atoms with E-state index in [0.717, 1.165) is 29.9 Å². The van der Waals surface area contributed by atoms with Gasteiger partial charge in [0, 0.05) is 24.7 Å². The van der Waals surface area contributed by atoms with Gasteiger partial charge in [0.1, 0.15) is 5.84 Å².